The molecule has 1 aliphatic heterocycles. The second-order valence-electron chi connectivity index (χ2n) is 7.42. The highest BCUT2D eigenvalue weighted by molar-refractivity contribution is 14.0. The summed E-state index contributed by atoms with van der Waals surface area (Å²) in [7, 11) is 3.46. The Kier molecular flexibility index (Phi) is 8.41. The van der Waals surface area contributed by atoms with Gasteiger partial charge in [-0.1, -0.05) is 24.3 Å². The van der Waals surface area contributed by atoms with Crippen LogP contribution in [0.1, 0.15) is 29.2 Å². The Labute approximate surface area is 199 Å². The topological polar surface area (TPSA) is 94.2 Å². The van der Waals surface area contributed by atoms with Gasteiger partial charge in [0.1, 0.15) is 12.4 Å². The fourth-order valence-corrected chi connectivity index (χ4v) is 3.60. The van der Waals surface area contributed by atoms with Crippen LogP contribution in [-0.2, 0) is 37.4 Å². The average Bonchev–Trinajstić information content (AvgIpc) is 3.41. The van der Waals surface area contributed by atoms with Gasteiger partial charge in [0.25, 0.3) is 0 Å². The highest BCUT2D eigenvalue weighted by atomic mass is 127. The predicted molar refractivity (Wildman–Crippen MR) is 129 cm³/mol. The molecule has 166 valence electrons. The first-order valence-electron chi connectivity index (χ1n) is 10.2. The Morgan fingerprint density at radius 2 is 2.06 bits per heavy atom. The molecule has 0 radical (unpaired) electrons. The third kappa shape index (κ3) is 6.26. The molecule has 0 saturated carbocycles. The molecule has 1 atom stereocenters. The Bertz CT molecular complexity index is 968. The zero-order valence-electron chi connectivity index (χ0n) is 17.9. The average molecular weight is 536 g/mol. The molecule has 3 heterocycles. The molecule has 31 heavy (non-hydrogen) atoms. The summed E-state index contributed by atoms with van der Waals surface area (Å²) in [4.78, 5) is 13.0. The van der Waals surface area contributed by atoms with E-state index in [4.69, 9.17) is 4.74 Å². The van der Waals surface area contributed by atoms with Gasteiger partial charge in [0, 0.05) is 52.1 Å². The maximum absolute atomic E-state index is 5.13. The molecular formula is C21H29IN8O. The second kappa shape index (κ2) is 11.2. The van der Waals surface area contributed by atoms with Crippen molar-refractivity contribution in [3.63, 3.8) is 0 Å². The van der Waals surface area contributed by atoms with E-state index in [0.29, 0.717) is 13.2 Å². The number of benzene rings is 1. The van der Waals surface area contributed by atoms with Gasteiger partial charge in [-0.05, 0) is 17.5 Å². The van der Waals surface area contributed by atoms with E-state index in [9.17, 15) is 0 Å². The number of hydrogen-bond donors (Lipinski definition) is 2. The van der Waals surface area contributed by atoms with Crippen molar-refractivity contribution in [2.75, 3.05) is 14.2 Å². The minimum absolute atomic E-state index is 0. The van der Waals surface area contributed by atoms with Crippen LogP contribution in [0, 0.1) is 0 Å². The molecule has 1 aliphatic rings. The number of methoxy groups -OCH3 is 1. The van der Waals surface area contributed by atoms with E-state index in [1.54, 1.807) is 20.4 Å². The van der Waals surface area contributed by atoms with Gasteiger partial charge in [0.15, 0.2) is 11.8 Å². The van der Waals surface area contributed by atoms with Crippen molar-refractivity contribution in [3.8, 4) is 0 Å². The first-order chi connectivity index (χ1) is 14.7. The van der Waals surface area contributed by atoms with Gasteiger partial charge in [0.2, 0.25) is 0 Å². The minimum atomic E-state index is 0. The van der Waals surface area contributed by atoms with Crippen molar-refractivity contribution in [2.45, 2.75) is 45.1 Å². The van der Waals surface area contributed by atoms with Crippen LogP contribution in [0.2, 0.25) is 0 Å². The number of rotatable bonds is 7. The van der Waals surface area contributed by atoms with Crippen LogP contribution < -0.4 is 10.6 Å². The van der Waals surface area contributed by atoms with Gasteiger partial charge < -0.3 is 19.9 Å². The van der Waals surface area contributed by atoms with Crippen molar-refractivity contribution >= 4 is 29.9 Å². The zero-order chi connectivity index (χ0) is 20.8. The van der Waals surface area contributed by atoms with Crippen molar-refractivity contribution in [1.29, 1.82) is 0 Å². The minimum Gasteiger partial charge on any atom is -0.377 e. The van der Waals surface area contributed by atoms with E-state index in [2.05, 4.69) is 59.5 Å². The molecule has 0 bridgehead atoms. The molecule has 10 heteroatoms. The maximum atomic E-state index is 5.13. The summed E-state index contributed by atoms with van der Waals surface area (Å²) in [5.74, 6) is 2.56. The first-order valence-corrected chi connectivity index (χ1v) is 10.2. The third-order valence-electron chi connectivity index (χ3n) is 5.15. The van der Waals surface area contributed by atoms with Gasteiger partial charge in [-0.3, -0.25) is 4.99 Å². The van der Waals surface area contributed by atoms with E-state index in [-0.39, 0.29) is 30.0 Å². The smallest absolute Gasteiger partial charge is 0.191 e. The van der Waals surface area contributed by atoms with Gasteiger partial charge in [-0.15, -0.1) is 24.0 Å². The Hall–Kier alpha value is -2.47. The lowest BCUT2D eigenvalue weighted by Crippen LogP contribution is -2.46. The van der Waals surface area contributed by atoms with Crippen LogP contribution in [0.4, 0.5) is 0 Å². The lowest BCUT2D eigenvalue weighted by molar-refractivity contribution is 0.177. The summed E-state index contributed by atoms with van der Waals surface area (Å²) in [6.45, 7) is 2.76. The molecule has 1 aromatic carbocycles. The fourth-order valence-electron chi connectivity index (χ4n) is 3.60. The molecule has 0 amide bonds. The number of ether oxygens (including phenoxy) is 1. The summed E-state index contributed by atoms with van der Waals surface area (Å²) in [5, 5.41) is 11.4. The van der Waals surface area contributed by atoms with Crippen LogP contribution in [0.25, 0.3) is 0 Å². The SMILES string of the molecule is CN=C(NCc1ccc(Cn2ccnc2)cc1)NC1CCc2nc(COC)nn2C1.I. The van der Waals surface area contributed by atoms with Crippen LogP contribution in [0.15, 0.2) is 48.0 Å². The summed E-state index contributed by atoms with van der Waals surface area (Å²) in [6, 6.07) is 8.85. The van der Waals surface area contributed by atoms with E-state index in [0.717, 1.165) is 43.5 Å². The number of hydrogen-bond acceptors (Lipinski definition) is 5. The molecular weight excluding hydrogens is 507 g/mol. The first kappa shape index (κ1) is 23.2. The summed E-state index contributed by atoms with van der Waals surface area (Å²) < 4.78 is 9.17. The molecule has 2 aromatic heterocycles. The molecule has 0 aliphatic carbocycles. The number of guanidine groups is 1. The molecule has 0 saturated heterocycles. The third-order valence-corrected chi connectivity index (χ3v) is 5.15. The van der Waals surface area contributed by atoms with Crippen LogP contribution in [0.3, 0.4) is 0 Å². The molecule has 1 unspecified atom stereocenters. The number of fused-ring (bicyclic) bond motifs is 1. The number of nitrogens with zero attached hydrogens (tertiary/aromatic N) is 6. The van der Waals surface area contributed by atoms with Crippen molar-refractivity contribution in [3.05, 3.63) is 65.8 Å². The number of aryl methyl sites for hydroxylation is 1. The molecule has 2 N–H and O–H groups in total. The number of nitrogens with one attached hydrogen (secondary N) is 2. The lowest BCUT2D eigenvalue weighted by Gasteiger charge is -2.25. The van der Waals surface area contributed by atoms with E-state index >= 15 is 0 Å². The Morgan fingerprint density at radius 3 is 2.77 bits per heavy atom. The van der Waals surface area contributed by atoms with Gasteiger partial charge >= 0.3 is 0 Å². The summed E-state index contributed by atoms with van der Waals surface area (Å²) in [6.07, 6.45) is 7.48. The van der Waals surface area contributed by atoms with Crippen molar-refractivity contribution in [2.24, 2.45) is 4.99 Å². The standard InChI is InChI=1S/C21H28N8O.HI/c1-22-21(25-18-7-8-20-26-19(14-30-2)27-29(20)13-18)24-11-16-3-5-17(6-4-16)12-28-10-9-23-15-28;/h3-6,9-10,15,18H,7-8,11-14H2,1-2H3,(H2,22,24,25);1H. The number of aromatic nitrogens is 5. The van der Waals surface area contributed by atoms with Crippen molar-refractivity contribution in [1.82, 2.24) is 34.9 Å². The second-order valence-corrected chi connectivity index (χ2v) is 7.42. The molecule has 9 nitrogen and oxygen atoms in total. The number of imidazole rings is 1. The normalized spacial score (nSPS) is 15.8. The monoisotopic (exact) mass is 536 g/mol. The highest BCUT2D eigenvalue weighted by Crippen LogP contribution is 2.13. The summed E-state index contributed by atoms with van der Waals surface area (Å²) in [5.41, 5.74) is 2.46. The maximum Gasteiger partial charge on any atom is 0.191 e. The molecule has 0 spiro atoms. The van der Waals surface area contributed by atoms with Gasteiger partial charge in [-0.2, -0.15) is 5.10 Å². The largest absolute Gasteiger partial charge is 0.377 e. The van der Waals surface area contributed by atoms with Crippen LogP contribution in [-0.4, -0.2) is 50.5 Å². The highest BCUT2D eigenvalue weighted by Gasteiger charge is 2.22. The number of aliphatic imine (C=N–C) groups is 1. The van der Waals surface area contributed by atoms with Crippen molar-refractivity contribution < 1.29 is 4.74 Å². The quantitative estimate of drug-likeness (QED) is 0.273. The Morgan fingerprint density at radius 1 is 1.26 bits per heavy atom. The van der Waals surface area contributed by atoms with E-state index in [1.807, 2.05) is 17.2 Å². The predicted octanol–water partition coefficient (Wildman–Crippen LogP) is 1.97. The van der Waals surface area contributed by atoms with Crippen LogP contribution in [0.5, 0.6) is 0 Å². The molecule has 0 fully saturated rings. The Balaban J connectivity index is 0.00000272. The van der Waals surface area contributed by atoms with Gasteiger partial charge in [0.05, 0.1) is 12.9 Å². The summed E-state index contributed by atoms with van der Waals surface area (Å²) >= 11 is 0. The zero-order valence-corrected chi connectivity index (χ0v) is 20.2. The number of halogens is 1. The molecule has 4 rings (SSSR count). The molecule has 3 aromatic rings. The fraction of sp³-hybridized carbons (Fsp3) is 0.429. The van der Waals surface area contributed by atoms with Gasteiger partial charge in [-0.25, -0.2) is 14.6 Å². The van der Waals surface area contributed by atoms with E-state index < -0.39 is 0 Å². The van der Waals surface area contributed by atoms with Crippen LogP contribution >= 0.6 is 24.0 Å². The lowest BCUT2D eigenvalue weighted by atomic mass is 10.1. The van der Waals surface area contributed by atoms with E-state index in [1.165, 1.54) is 11.1 Å².